The fourth-order valence-corrected chi connectivity index (χ4v) is 13.7. The van der Waals surface area contributed by atoms with E-state index >= 15 is 0 Å². The minimum atomic E-state index is -1.85. The highest BCUT2D eigenvalue weighted by Gasteiger charge is 2.83. The van der Waals surface area contributed by atoms with E-state index in [0.717, 1.165) is 0 Å². The number of carbonyl (C=O) groups excluding carboxylic acids is 12. The van der Waals surface area contributed by atoms with Crippen LogP contribution >= 0.6 is 0 Å². The first-order valence-electron chi connectivity index (χ1n) is 44.6. The zero-order valence-corrected chi connectivity index (χ0v) is 83.9. The van der Waals surface area contributed by atoms with Crippen LogP contribution in [-0.4, -0.2) is 272 Å². The largest absolute Gasteiger partial charge is 0.379 e. The average Bonchev–Trinajstić information content (AvgIpc) is 1.44. The van der Waals surface area contributed by atoms with Crippen LogP contribution in [0.2, 0.25) is 0 Å². The summed E-state index contributed by atoms with van der Waals surface area (Å²) in [5.41, 5.74) is -24.0. The van der Waals surface area contributed by atoms with Crippen molar-refractivity contribution in [2.75, 3.05) is 0 Å². The molecule has 8 aliphatic carbocycles. The molecule has 2 saturated heterocycles. The van der Waals surface area contributed by atoms with Gasteiger partial charge < -0.3 is 158 Å². The molecule has 0 bridgehead atoms. The Labute approximate surface area is 764 Å². The van der Waals surface area contributed by atoms with Crippen molar-refractivity contribution in [2.24, 2.45) is 43.3 Å². The van der Waals surface area contributed by atoms with E-state index in [-0.39, 0.29) is 152 Å². The Morgan fingerprint density at radius 1 is 0.164 bits per heavy atom. The van der Waals surface area contributed by atoms with Crippen molar-refractivity contribution >= 4 is 75.4 Å². The minimum absolute atomic E-state index is 0.158. The third-order valence-electron chi connectivity index (χ3n) is 20.0. The van der Waals surface area contributed by atoms with Gasteiger partial charge in [0, 0.05) is 0 Å². The molecule has 752 valence electrons. The van der Waals surface area contributed by atoms with Crippen LogP contribution in [0.1, 0.15) is 376 Å². The molecule has 16 N–H and O–H groups in total. The summed E-state index contributed by atoms with van der Waals surface area (Å²) in [7, 11) is 0. The van der Waals surface area contributed by atoms with Crippen LogP contribution in [0.3, 0.4) is 0 Å². The van der Waals surface area contributed by atoms with Gasteiger partial charge in [0.1, 0.15) is 0 Å². The van der Waals surface area contributed by atoms with Crippen molar-refractivity contribution in [1.82, 2.24) is 0 Å². The third-order valence-corrected chi connectivity index (χ3v) is 20.0. The Morgan fingerprint density at radius 2 is 0.227 bits per heavy atom. The van der Waals surface area contributed by atoms with Gasteiger partial charge in [-0.05, 0) is 197 Å². The van der Waals surface area contributed by atoms with E-state index in [4.69, 9.17) is 18.9 Å². The summed E-state index contributed by atoms with van der Waals surface area (Å²) in [6, 6.07) is 0. The van der Waals surface area contributed by atoms with Crippen molar-refractivity contribution in [3.8, 4) is 0 Å². The molecular formula is C96H176O32. The van der Waals surface area contributed by atoms with Crippen molar-refractivity contribution in [2.45, 2.75) is 490 Å². The predicted molar refractivity (Wildman–Crippen MR) is 483 cm³/mol. The average molecular weight is 1840 g/mol. The summed E-state index contributed by atoms with van der Waals surface area (Å²) in [6.45, 7) is 70.0. The fraction of sp³-hybridized carbons (Fsp3) is 0.875. The standard InChI is InChI=1S/C14H20O8.6C7H10O4.8C5H12/c15-7-11-3-1-4-12(11)8(16)22-14(10(18)20-12)6-2-5-13(14,21-7)9(17)19-11;6*8-4-6(10)2-1-3-7(6,11)5-9;8*1-5(2,3)4/h7-10,15-18H,1-6H2;6*4-5,10-11H,1-3H2;8*1-4H3/t7-,8?,9+,10?,11-,12?,13?,14?;2*6-,7?;4*6-,7-;;;;;;;;/m1100000......../s1. The summed E-state index contributed by atoms with van der Waals surface area (Å²) in [5, 5.41) is 155. The van der Waals surface area contributed by atoms with Crippen molar-refractivity contribution in [3.63, 3.8) is 0 Å². The van der Waals surface area contributed by atoms with Crippen molar-refractivity contribution in [3.05, 3.63) is 0 Å². The molecule has 32 heteroatoms. The molecule has 4 spiro atoms. The summed E-state index contributed by atoms with van der Waals surface area (Å²) in [5.74, 6) is 0. The predicted octanol–water partition coefficient (Wildman–Crippen LogP) is 9.29. The van der Waals surface area contributed by atoms with E-state index in [2.05, 4.69) is 222 Å². The minimum Gasteiger partial charge on any atom is -0.379 e. The van der Waals surface area contributed by atoms with Gasteiger partial charge in [0.25, 0.3) is 0 Å². The van der Waals surface area contributed by atoms with E-state index in [0.29, 0.717) is 120 Å². The number of ether oxygens (including phenoxy) is 4. The summed E-state index contributed by atoms with van der Waals surface area (Å²) >= 11 is 0. The van der Waals surface area contributed by atoms with Gasteiger partial charge >= 0.3 is 0 Å². The smallest absolute Gasteiger partial charge is 0.188 e. The number of carbonyl (C=O) groups is 12. The molecule has 0 amide bonds. The highest BCUT2D eigenvalue weighted by Crippen LogP contribution is 2.66. The normalized spacial score (nSPS) is 37.7. The molecule has 7 unspecified atom stereocenters. The first-order chi connectivity index (χ1) is 56.9. The van der Waals surface area contributed by atoms with Gasteiger partial charge in [-0.15, -0.1) is 0 Å². The molecule has 10 aliphatic rings. The fourth-order valence-electron chi connectivity index (χ4n) is 13.7. The van der Waals surface area contributed by atoms with Gasteiger partial charge in [0.2, 0.25) is 0 Å². The quantitative estimate of drug-likeness (QED) is 0.0809. The Bertz CT molecular complexity index is 2700. The lowest BCUT2D eigenvalue weighted by molar-refractivity contribution is -0.547. The van der Waals surface area contributed by atoms with Gasteiger partial charge in [-0.1, -0.05) is 222 Å². The second-order valence-corrected chi connectivity index (χ2v) is 48.8. The molecule has 2 aliphatic heterocycles. The molecule has 0 radical (unpaired) electrons. The van der Waals surface area contributed by atoms with Gasteiger partial charge in [-0.2, -0.15) is 0 Å². The molecule has 10 rings (SSSR count). The molecular weight excluding hydrogens is 1670 g/mol. The molecule has 0 aromatic carbocycles. The zero-order chi connectivity index (χ0) is 103. The Hall–Kier alpha value is -4.76. The van der Waals surface area contributed by atoms with Gasteiger partial charge in [-0.25, -0.2) is 0 Å². The first-order valence-corrected chi connectivity index (χ1v) is 44.6. The summed E-state index contributed by atoms with van der Waals surface area (Å²) < 4.78 is 23.4. The van der Waals surface area contributed by atoms with Crippen molar-refractivity contribution < 1.29 is 158 Å². The van der Waals surface area contributed by atoms with Gasteiger partial charge in [0.15, 0.2) is 190 Å². The number of aliphatic hydroxyl groups excluding tert-OH is 4. The highest BCUT2D eigenvalue weighted by atomic mass is 16.8. The Kier molecular flexibility index (Phi) is 49.7. The number of rotatable bonds is 12. The Morgan fingerprint density at radius 3 is 0.289 bits per heavy atom. The molecule has 32 nitrogen and oxygen atoms in total. The lowest BCUT2D eigenvalue weighted by Crippen LogP contribution is -2.86. The number of fused-ring (bicyclic) bond motifs is 2. The molecule has 10 fully saturated rings. The molecule has 128 heavy (non-hydrogen) atoms. The molecule has 20 atom stereocenters. The molecule has 8 saturated carbocycles. The van der Waals surface area contributed by atoms with Crippen LogP contribution < -0.4 is 0 Å². The van der Waals surface area contributed by atoms with E-state index in [1.165, 1.54) is 0 Å². The van der Waals surface area contributed by atoms with Crippen LogP contribution in [0.15, 0.2) is 0 Å². The first kappa shape index (κ1) is 130. The van der Waals surface area contributed by atoms with Crippen LogP contribution in [-0.2, 0) is 76.5 Å². The van der Waals surface area contributed by atoms with Crippen LogP contribution in [0.4, 0.5) is 0 Å². The maximum Gasteiger partial charge on any atom is 0.188 e. The van der Waals surface area contributed by atoms with E-state index in [9.17, 15) is 139 Å². The maximum absolute atomic E-state index is 10.7. The molecule has 0 aromatic heterocycles. The SMILES string of the molecule is CC(C)(C)C.CC(C)(C)C.CC(C)(C)C.CC(C)(C)C.CC(C)(C)C.CC(C)(C)C.CC(C)(C)C.CC(C)(C)C.O=CC1(O)CCC[C@@]1(O)C=O.O=CC1(O)CCC[C@]1(O)C=O.O=C[C@@]1(O)CCC[C@]1(O)C=O.O=C[C@@]1(O)CCC[C@]1(O)C=O.O=C[C@@]1(O)CCC[C@]1(O)C=O.O=C[C@@]1(O)CCC[C@]1(O)C=O.OC1OC23CCC[C@]24O[C@H](O)C2(CCCC12OC3O)O[C@H]4O. The topological polar surface area (TPSA) is 565 Å². The third kappa shape index (κ3) is 39.3. The van der Waals surface area contributed by atoms with Gasteiger partial charge in [-0.3, -0.25) is 0 Å². The van der Waals surface area contributed by atoms with E-state index < -0.39 is 115 Å². The molecule has 2 heterocycles. The van der Waals surface area contributed by atoms with Crippen LogP contribution in [0.5, 0.6) is 0 Å². The van der Waals surface area contributed by atoms with Crippen LogP contribution in [0.25, 0.3) is 0 Å². The molecule has 0 aromatic rings. The second-order valence-electron chi connectivity index (χ2n) is 48.8. The van der Waals surface area contributed by atoms with E-state index in [1.54, 1.807) is 0 Å². The number of hydrogen-bond donors (Lipinski definition) is 16. The monoisotopic (exact) mass is 1840 g/mol. The Balaban J connectivity index is -0.000000663. The second kappa shape index (κ2) is 49.1. The zero-order valence-electron chi connectivity index (χ0n) is 83.9. The number of aldehydes is 12. The number of aliphatic hydroxyl groups is 16. The summed E-state index contributed by atoms with van der Waals surface area (Å²) in [4.78, 5) is 124. The highest BCUT2D eigenvalue weighted by molar-refractivity contribution is 5.81. The summed E-state index contributed by atoms with van der Waals surface area (Å²) in [6.07, 6.45) is 4.85. The van der Waals surface area contributed by atoms with Crippen molar-refractivity contribution in [1.29, 1.82) is 0 Å². The van der Waals surface area contributed by atoms with E-state index in [1.807, 2.05) is 0 Å². The van der Waals surface area contributed by atoms with Crippen LogP contribution in [0, 0.1) is 43.3 Å². The number of hydrogen-bond acceptors (Lipinski definition) is 32. The lowest BCUT2D eigenvalue weighted by Gasteiger charge is -2.67. The lowest BCUT2D eigenvalue weighted by atomic mass is 9.73. The maximum atomic E-state index is 10.7. The van der Waals surface area contributed by atoms with Gasteiger partial charge in [0.05, 0.1) is 0 Å².